The molecule has 0 aliphatic carbocycles. The first-order valence-electron chi connectivity index (χ1n) is 3.59. The number of terminal acetylenes is 1. The molecule has 2 heteroatoms. The van der Waals surface area contributed by atoms with Crippen molar-refractivity contribution in [3.05, 3.63) is 0 Å². The second-order valence-electron chi connectivity index (χ2n) is 2.36. The second-order valence-corrected chi connectivity index (χ2v) is 2.36. The van der Waals surface area contributed by atoms with E-state index in [-0.39, 0.29) is 6.10 Å². The summed E-state index contributed by atoms with van der Waals surface area (Å²) in [5, 5.41) is 11.9. The summed E-state index contributed by atoms with van der Waals surface area (Å²) in [7, 11) is 0. The molecule has 58 valence electrons. The Morgan fingerprint density at radius 2 is 2.40 bits per heavy atom. The minimum Gasteiger partial charge on any atom is -0.392 e. The van der Waals surface area contributed by atoms with Crippen LogP contribution in [0.15, 0.2) is 0 Å². The fraction of sp³-hybridized carbons (Fsp3) is 0.750. The lowest BCUT2D eigenvalue weighted by Gasteiger charge is -2.04. The summed E-state index contributed by atoms with van der Waals surface area (Å²) in [5.41, 5.74) is 0. The Morgan fingerprint density at radius 3 is 2.90 bits per heavy atom. The molecule has 0 rings (SSSR count). The summed E-state index contributed by atoms with van der Waals surface area (Å²) in [6.07, 6.45) is 6.59. The van der Waals surface area contributed by atoms with Gasteiger partial charge in [-0.25, -0.2) is 0 Å². The molecule has 0 bridgehead atoms. The van der Waals surface area contributed by atoms with Crippen molar-refractivity contribution in [2.75, 3.05) is 13.1 Å². The van der Waals surface area contributed by atoms with Crippen LogP contribution in [0.1, 0.15) is 19.8 Å². The van der Waals surface area contributed by atoms with Gasteiger partial charge in [-0.05, 0) is 19.9 Å². The van der Waals surface area contributed by atoms with Gasteiger partial charge in [0.1, 0.15) is 0 Å². The molecule has 0 aliphatic rings. The second kappa shape index (κ2) is 6.60. The Kier molecular flexibility index (Phi) is 6.25. The van der Waals surface area contributed by atoms with Crippen molar-refractivity contribution in [1.82, 2.24) is 5.32 Å². The van der Waals surface area contributed by atoms with E-state index in [0.29, 0.717) is 6.54 Å². The van der Waals surface area contributed by atoms with Gasteiger partial charge in [0.25, 0.3) is 0 Å². The molecule has 0 radical (unpaired) electrons. The van der Waals surface area contributed by atoms with E-state index in [1.165, 1.54) is 0 Å². The standard InChI is InChI=1S/C8H15NO/c1-3-4-5-6-9-7-8(2)10/h1,8-10H,4-7H2,2H3/t8-/m1/s1. The van der Waals surface area contributed by atoms with Crippen LogP contribution in [-0.4, -0.2) is 24.3 Å². The van der Waals surface area contributed by atoms with Gasteiger partial charge in [0.2, 0.25) is 0 Å². The van der Waals surface area contributed by atoms with Crippen molar-refractivity contribution >= 4 is 0 Å². The van der Waals surface area contributed by atoms with Crippen LogP contribution in [0, 0.1) is 12.3 Å². The lowest BCUT2D eigenvalue weighted by molar-refractivity contribution is 0.191. The minimum absolute atomic E-state index is 0.258. The maximum absolute atomic E-state index is 8.81. The predicted octanol–water partition coefficient (Wildman–Crippen LogP) is 0.370. The highest BCUT2D eigenvalue weighted by molar-refractivity contribution is 4.83. The smallest absolute Gasteiger partial charge is 0.0636 e. The summed E-state index contributed by atoms with van der Waals surface area (Å²) in [6, 6.07) is 0. The number of unbranched alkanes of at least 4 members (excludes halogenated alkanes) is 1. The van der Waals surface area contributed by atoms with Crippen molar-refractivity contribution in [2.24, 2.45) is 0 Å². The first kappa shape index (κ1) is 9.48. The van der Waals surface area contributed by atoms with E-state index in [0.717, 1.165) is 19.4 Å². The molecule has 0 fully saturated rings. The van der Waals surface area contributed by atoms with Crippen molar-refractivity contribution in [3.63, 3.8) is 0 Å². The molecular formula is C8H15NO. The third kappa shape index (κ3) is 7.48. The third-order valence-corrected chi connectivity index (χ3v) is 1.11. The van der Waals surface area contributed by atoms with E-state index in [9.17, 15) is 0 Å². The Bertz CT molecular complexity index is 104. The minimum atomic E-state index is -0.258. The van der Waals surface area contributed by atoms with Crippen LogP contribution in [0.3, 0.4) is 0 Å². The Hall–Kier alpha value is -0.520. The Morgan fingerprint density at radius 1 is 1.70 bits per heavy atom. The Labute approximate surface area is 62.6 Å². The fourth-order valence-electron chi connectivity index (χ4n) is 0.626. The van der Waals surface area contributed by atoms with Crippen LogP contribution in [0.5, 0.6) is 0 Å². The van der Waals surface area contributed by atoms with E-state index < -0.39 is 0 Å². The summed E-state index contributed by atoms with van der Waals surface area (Å²) in [5.74, 6) is 2.55. The molecule has 0 aromatic heterocycles. The van der Waals surface area contributed by atoms with Crippen LogP contribution in [-0.2, 0) is 0 Å². The highest BCUT2D eigenvalue weighted by Gasteiger charge is 1.91. The molecule has 0 saturated carbocycles. The first-order chi connectivity index (χ1) is 4.77. The van der Waals surface area contributed by atoms with Gasteiger partial charge in [0.05, 0.1) is 6.10 Å². The van der Waals surface area contributed by atoms with Crippen LogP contribution in [0.2, 0.25) is 0 Å². The highest BCUT2D eigenvalue weighted by Crippen LogP contribution is 1.83. The van der Waals surface area contributed by atoms with Gasteiger partial charge in [-0.2, -0.15) is 0 Å². The molecule has 0 heterocycles. The topological polar surface area (TPSA) is 32.3 Å². The molecule has 2 nitrogen and oxygen atoms in total. The third-order valence-electron chi connectivity index (χ3n) is 1.11. The van der Waals surface area contributed by atoms with E-state index in [2.05, 4.69) is 11.2 Å². The first-order valence-corrected chi connectivity index (χ1v) is 3.59. The van der Waals surface area contributed by atoms with Gasteiger partial charge < -0.3 is 10.4 Å². The van der Waals surface area contributed by atoms with E-state index in [1.807, 2.05) is 0 Å². The molecule has 10 heavy (non-hydrogen) atoms. The zero-order chi connectivity index (χ0) is 7.82. The van der Waals surface area contributed by atoms with Gasteiger partial charge in [0, 0.05) is 13.0 Å². The highest BCUT2D eigenvalue weighted by atomic mass is 16.3. The summed E-state index contributed by atoms with van der Waals surface area (Å²) in [4.78, 5) is 0. The molecule has 1 atom stereocenters. The molecule has 0 spiro atoms. The van der Waals surface area contributed by atoms with Gasteiger partial charge in [-0.15, -0.1) is 12.3 Å². The van der Waals surface area contributed by atoms with Crippen LogP contribution in [0.25, 0.3) is 0 Å². The molecule has 0 aliphatic heterocycles. The molecule has 0 aromatic rings. The molecule has 2 N–H and O–H groups in total. The van der Waals surface area contributed by atoms with Gasteiger partial charge in [-0.1, -0.05) is 0 Å². The molecule has 0 saturated heterocycles. The maximum atomic E-state index is 8.81. The SMILES string of the molecule is C#CCCCNC[C@@H](C)O. The zero-order valence-corrected chi connectivity index (χ0v) is 6.43. The molecule has 0 amide bonds. The monoisotopic (exact) mass is 141 g/mol. The average molecular weight is 141 g/mol. The molecule has 0 aromatic carbocycles. The van der Waals surface area contributed by atoms with E-state index in [1.54, 1.807) is 6.92 Å². The zero-order valence-electron chi connectivity index (χ0n) is 6.43. The molecule has 0 unspecified atom stereocenters. The quantitative estimate of drug-likeness (QED) is 0.428. The van der Waals surface area contributed by atoms with Crippen molar-refractivity contribution in [3.8, 4) is 12.3 Å². The summed E-state index contributed by atoms with van der Waals surface area (Å²) in [6.45, 7) is 3.31. The van der Waals surface area contributed by atoms with Crippen molar-refractivity contribution < 1.29 is 5.11 Å². The normalized spacial score (nSPS) is 12.5. The van der Waals surface area contributed by atoms with Crippen molar-refractivity contribution in [2.45, 2.75) is 25.9 Å². The maximum Gasteiger partial charge on any atom is 0.0636 e. The fourth-order valence-corrected chi connectivity index (χ4v) is 0.626. The predicted molar refractivity (Wildman–Crippen MR) is 42.6 cm³/mol. The number of nitrogens with one attached hydrogen (secondary N) is 1. The summed E-state index contributed by atoms with van der Waals surface area (Å²) < 4.78 is 0. The van der Waals surface area contributed by atoms with Gasteiger partial charge in [-0.3, -0.25) is 0 Å². The largest absolute Gasteiger partial charge is 0.392 e. The lowest BCUT2D eigenvalue weighted by Crippen LogP contribution is -2.25. The molecular weight excluding hydrogens is 126 g/mol. The Balaban J connectivity index is 2.86. The van der Waals surface area contributed by atoms with E-state index in [4.69, 9.17) is 11.5 Å². The number of hydrogen-bond acceptors (Lipinski definition) is 2. The van der Waals surface area contributed by atoms with Gasteiger partial charge >= 0.3 is 0 Å². The van der Waals surface area contributed by atoms with Crippen LogP contribution in [0.4, 0.5) is 0 Å². The summed E-state index contributed by atoms with van der Waals surface area (Å²) >= 11 is 0. The number of aliphatic hydroxyl groups excluding tert-OH is 1. The number of hydrogen-bond donors (Lipinski definition) is 2. The van der Waals surface area contributed by atoms with Crippen LogP contribution < -0.4 is 5.32 Å². The average Bonchev–Trinajstić information content (AvgIpc) is 1.87. The van der Waals surface area contributed by atoms with E-state index >= 15 is 0 Å². The number of aliphatic hydroxyl groups is 1. The number of rotatable bonds is 5. The van der Waals surface area contributed by atoms with Crippen LogP contribution >= 0.6 is 0 Å². The van der Waals surface area contributed by atoms with Gasteiger partial charge in [0.15, 0.2) is 0 Å². The van der Waals surface area contributed by atoms with Crippen molar-refractivity contribution in [1.29, 1.82) is 0 Å². The lowest BCUT2D eigenvalue weighted by atomic mass is 10.3.